The summed E-state index contributed by atoms with van der Waals surface area (Å²) in [6, 6.07) is 4.79. The van der Waals surface area contributed by atoms with Crippen molar-refractivity contribution in [3.63, 3.8) is 0 Å². The van der Waals surface area contributed by atoms with Gasteiger partial charge in [0.2, 0.25) is 0 Å². The second kappa shape index (κ2) is 10.9. The average Bonchev–Trinajstić information content (AvgIpc) is 2.82. The average molecular weight is 430 g/mol. The van der Waals surface area contributed by atoms with Crippen molar-refractivity contribution in [2.45, 2.75) is 78.1 Å². The van der Waals surface area contributed by atoms with E-state index in [0.29, 0.717) is 11.3 Å². The molecule has 1 saturated carbocycles. The molecule has 176 valence electrons. The Morgan fingerprint density at radius 3 is 2.16 bits per heavy atom. The third-order valence-electron chi connectivity index (χ3n) is 8.34. The number of ether oxygens (including phenoxy) is 1. The Morgan fingerprint density at radius 2 is 1.65 bits per heavy atom. The van der Waals surface area contributed by atoms with E-state index in [0.717, 1.165) is 18.8 Å². The van der Waals surface area contributed by atoms with Crippen molar-refractivity contribution >= 4 is 11.4 Å². The lowest BCUT2D eigenvalue weighted by atomic mass is 9.66. The van der Waals surface area contributed by atoms with Crippen molar-refractivity contribution in [2.75, 3.05) is 63.7 Å². The molecule has 0 unspecified atom stereocenters. The molecule has 1 saturated heterocycles. The van der Waals surface area contributed by atoms with Crippen LogP contribution in [0.15, 0.2) is 12.1 Å². The van der Waals surface area contributed by atoms with E-state index in [1.807, 2.05) is 7.11 Å². The number of unbranched alkanes of at least 4 members (excludes halogenated alkanes) is 1. The van der Waals surface area contributed by atoms with Gasteiger partial charge < -0.3 is 14.5 Å². The standard InChI is InChI=1S/C27H47N3O/c1-7-10-15-29-16-18-30(19-17-29)24-21-26(31-6)25(28(4)5)20-23(24)22-11-13-27(8-2,9-3)14-12-22/h20-22H,7-19H2,1-6H3. The first-order valence-electron chi connectivity index (χ1n) is 12.8. The Kier molecular flexibility index (Phi) is 8.55. The maximum atomic E-state index is 5.84. The topological polar surface area (TPSA) is 19.0 Å². The predicted molar refractivity (Wildman–Crippen MR) is 135 cm³/mol. The lowest BCUT2D eigenvalue weighted by Crippen LogP contribution is -2.47. The number of methoxy groups -OCH3 is 1. The molecule has 0 bridgehead atoms. The van der Waals surface area contributed by atoms with Crippen LogP contribution in [0.25, 0.3) is 0 Å². The molecular weight excluding hydrogens is 382 g/mol. The summed E-state index contributed by atoms with van der Waals surface area (Å²) in [5.74, 6) is 1.67. The van der Waals surface area contributed by atoms with Gasteiger partial charge in [-0.3, -0.25) is 4.90 Å². The van der Waals surface area contributed by atoms with E-state index in [-0.39, 0.29) is 0 Å². The van der Waals surface area contributed by atoms with E-state index < -0.39 is 0 Å². The molecule has 0 radical (unpaired) electrons. The summed E-state index contributed by atoms with van der Waals surface area (Å²) >= 11 is 0. The zero-order valence-electron chi connectivity index (χ0n) is 21.2. The first-order valence-corrected chi connectivity index (χ1v) is 12.8. The molecule has 1 aliphatic carbocycles. The number of rotatable bonds is 9. The third-order valence-corrected chi connectivity index (χ3v) is 8.34. The summed E-state index contributed by atoms with van der Waals surface area (Å²) in [5.41, 5.74) is 4.79. The molecule has 1 aliphatic heterocycles. The summed E-state index contributed by atoms with van der Waals surface area (Å²) in [5, 5.41) is 0. The zero-order valence-corrected chi connectivity index (χ0v) is 21.2. The minimum Gasteiger partial charge on any atom is -0.495 e. The minimum atomic E-state index is 0.582. The van der Waals surface area contributed by atoms with Gasteiger partial charge >= 0.3 is 0 Å². The van der Waals surface area contributed by atoms with Gasteiger partial charge in [0.25, 0.3) is 0 Å². The van der Waals surface area contributed by atoms with Gasteiger partial charge in [-0.15, -0.1) is 0 Å². The van der Waals surface area contributed by atoms with Crippen LogP contribution in [0.3, 0.4) is 0 Å². The smallest absolute Gasteiger partial charge is 0.144 e. The maximum Gasteiger partial charge on any atom is 0.144 e. The number of hydrogen-bond donors (Lipinski definition) is 0. The van der Waals surface area contributed by atoms with Crippen LogP contribution in [0.5, 0.6) is 5.75 Å². The molecule has 0 spiro atoms. The number of piperazine rings is 1. The Balaban J connectivity index is 1.86. The van der Waals surface area contributed by atoms with Gasteiger partial charge in [-0.05, 0) is 61.6 Å². The molecule has 0 N–H and O–H groups in total. The van der Waals surface area contributed by atoms with Gasteiger partial charge in [-0.1, -0.05) is 40.0 Å². The van der Waals surface area contributed by atoms with Crippen LogP contribution in [-0.2, 0) is 0 Å². The van der Waals surface area contributed by atoms with Gasteiger partial charge in [0.1, 0.15) is 5.75 Å². The Morgan fingerprint density at radius 1 is 1.00 bits per heavy atom. The molecule has 2 fully saturated rings. The molecule has 1 aromatic rings. The van der Waals surface area contributed by atoms with E-state index in [9.17, 15) is 0 Å². The first-order chi connectivity index (χ1) is 15.0. The predicted octanol–water partition coefficient (Wildman–Crippen LogP) is 6.15. The highest BCUT2D eigenvalue weighted by Gasteiger charge is 2.34. The highest BCUT2D eigenvalue weighted by molar-refractivity contribution is 5.70. The van der Waals surface area contributed by atoms with Crippen molar-refractivity contribution in [3.8, 4) is 5.75 Å². The second-order valence-electron chi connectivity index (χ2n) is 10.1. The van der Waals surface area contributed by atoms with Gasteiger partial charge in [-0.25, -0.2) is 0 Å². The van der Waals surface area contributed by atoms with Crippen LogP contribution >= 0.6 is 0 Å². The van der Waals surface area contributed by atoms with E-state index in [1.54, 1.807) is 5.56 Å². The molecule has 4 nitrogen and oxygen atoms in total. The molecule has 3 rings (SSSR count). The highest BCUT2D eigenvalue weighted by atomic mass is 16.5. The van der Waals surface area contributed by atoms with E-state index in [2.05, 4.69) is 61.7 Å². The summed E-state index contributed by atoms with van der Waals surface area (Å²) in [7, 11) is 6.08. The number of benzene rings is 1. The number of nitrogens with zero attached hydrogens (tertiary/aromatic N) is 3. The Hall–Kier alpha value is -1.42. The van der Waals surface area contributed by atoms with Crippen LogP contribution in [0, 0.1) is 5.41 Å². The molecular formula is C27H47N3O. The van der Waals surface area contributed by atoms with Crippen molar-refractivity contribution in [1.82, 2.24) is 4.90 Å². The normalized spacial score (nSPS) is 20.1. The summed E-state index contributed by atoms with van der Waals surface area (Å²) in [6.07, 6.45) is 10.6. The Labute approximate surface area is 191 Å². The van der Waals surface area contributed by atoms with Crippen molar-refractivity contribution in [1.29, 1.82) is 0 Å². The Bertz CT molecular complexity index is 680. The van der Waals surface area contributed by atoms with Gasteiger partial charge in [0, 0.05) is 52.0 Å². The fourth-order valence-corrected chi connectivity index (χ4v) is 5.78. The summed E-state index contributed by atoms with van der Waals surface area (Å²) in [6.45, 7) is 12.9. The van der Waals surface area contributed by atoms with Crippen LogP contribution in [0.1, 0.15) is 83.6 Å². The van der Waals surface area contributed by atoms with E-state index >= 15 is 0 Å². The zero-order chi connectivity index (χ0) is 22.4. The molecule has 0 amide bonds. The summed E-state index contributed by atoms with van der Waals surface area (Å²) < 4.78 is 5.84. The van der Waals surface area contributed by atoms with Crippen LogP contribution < -0.4 is 14.5 Å². The molecule has 1 aromatic carbocycles. The van der Waals surface area contributed by atoms with Crippen molar-refractivity contribution in [3.05, 3.63) is 17.7 Å². The molecule has 0 atom stereocenters. The van der Waals surface area contributed by atoms with E-state index in [1.165, 1.54) is 82.4 Å². The highest BCUT2D eigenvalue weighted by Crippen LogP contribution is 2.50. The van der Waals surface area contributed by atoms with Gasteiger partial charge in [-0.2, -0.15) is 0 Å². The van der Waals surface area contributed by atoms with E-state index in [4.69, 9.17) is 4.74 Å². The minimum absolute atomic E-state index is 0.582. The van der Waals surface area contributed by atoms with Crippen LogP contribution in [-0.4, -0.2) is 58.8 Å². The fraction of sp³-hybridized carbons (Fsp3) is 0.778. The molecule has 2 aliphatic rings. The molecule has 1 heterocycles. The molecule has 0 aromatic heterocycles. The monoisotopic (exact) mass is 429 g/mol. The van der Waals surface area contributed by atoms with Gasteiger partial charge in [0.15, 0.2) is 0 Å². The van der Waals surface area contributed by atoms with Crippen LogP contribution in [0.2, 0.25) is 0 Å². The van der Waals surface area contributed by atoms with Crippen molar-refractivity contribution < 1.29 is 4.74 Å². The number of anilines is 2. The first kappa shape index (κ1) is 24.2. The third kappa shape index (κ3) is 5.50. The largest absolute Gasteiger partial charge is 0.495 e. The quantitative estimate of drug-likeness (QED) is 0.469. The maximum absolute atomic E-state index is 5.84. The lowest BCUT2D eigenvalue weighted by molar-refractivity contribution is 0.159. The second-order valence-corrected chi connectivity index (χ2v) is 10.1. The van der Waals surface area contributed by atoms with Crippen molar-refractivity contribution in [2.24, 2.45) is 5.41 Å². The summed E-state index contributed by atoms with van der Waals surface area (Å²) in [4.78, 5) is 7.49. The molecule has 31 heavy (non-hydrogen) atoms. The van der Waals surface area contributed by atoms with Gasteiger partial charge in [0.05, 0.1) is 12.8 Å². The number of hydrogen-bond acceptors (Lipinski definition) is 4. The molecule has 4 heteroatoms. The van der Waals surface area contributed by atoms with Crippen LogP contribution in [0.4, 0.5) is 11.4 Å². The lowest BCUT2D eigenvalue weighted by Gasteiger charge is -2.42. The fourth-order valence-electron chi connectivity index (χ4n) is 5.78. The SMILES string of the molecule is CCCCN1CCN(c2cc(OC)c(N(C)C)cc2C2CCC(CC)(CC)CC2)CC1.